The van der Waals surface area contributed by atoms with Gasteiger partial charge in [0.2, 0.25) is 11.8 Å². The zero-order chi connectivity index (χ0) is 18.4. The molecule has 5 nitrogen and oxygen atoms in total. The molecule has 0 aliphatic rings. The number of nitrogens with zero attached hydrogens (tertiary/aromatic N) is 2. The van der Waals surface area contributed by atoms with Gasteiger partial charge in [-0.25, -0.2) is 4.98 Å². The lowest BCUT2D eigenvalue weighted by atomic mass is 10.3. The van der Waals surface area contributed by atoms with Gasteiger partial charge in [0, 0.05) is 6.20 Å². The van der Waals surface area contributed by atoms with Crippen LogP contribution in [-0.2, 0) is 6.18 Å². The van der Waals surface area contributed by atoms with Crippen molar-refractivity contribution in [3.8, 4) is 11.6 Å². The van der Waals surface area contributed by atoms with E-state index in [1.807, 2.05) is 6.92 Å². The Hall–Kier alpha value is -2.51. The standard InChI is InChI=1S/C17H20F3N3O2/c1-4-9-24-14-8-6-5-7-13(14)22-16-21-10-12(17(18,19)20)15(23-16)25-11(2)3/h5-8,10-11H,4,9H2,1-3H3,(H,21,22,23). The Kier molecular flexibility index (Phi) is 6.06. The molecule has 0 amide bonds. The van der Waals surface area contributed by atoms with Gasteiger partial charge in [-0.1, -0.05) is 19.1 Å². The summed E-state index contributed by atoms with van der Waals surface area (Å²) in [5.74, 6) is 0.0577. The Morgan fingerprint density at radius 1 is 1.20 bits per heavy atom. The van der Waals surface area contributed by atoms with E-state index in [1.54, 1.807) is 38.1 Å². The number of aromatic nitrogens is 2. The molecule has 136 valence electrons. The maximum atomic E-state index is 13.1. The van der Waals surface area contributed by atoms with Crippen LogP contribution >= 0.6 is 0 Å². The number of ether oxygens (including phenoxy) is 2. The molecule has 2 aromatic rings. The van der Waals surface area contributed by atoms with Crippen molar-refractivity contribution in [3.05, 3.63) is 36.0 Å². The summed E-state index contributed by atoms with van der Waals surface area (Å²) in [6, 6.07) is 7.07. The van der Waals surface area contributed by atoms with E-state index in [4.69, 9.17) is 9.47 Å². The number of benzene rings is 1. The second kappa shape index (κ2) is 8.04. The zero-order valence-electron chi connectivity index (χ0n) is 14.2. The minimum absolute atomic E-state index is 0.00352. The van der Waals surface area contributed by atoms with Crippen molar-refractivity contribution in [2.45, 2.75) is 39.5 Å². The Morgan fingerprint density at radius 2 is 1.92 bits per heavy atom. The van der Waals surface area contributed by atoms with Gasteiger partial charge in [0.1, 0.15) is 11.3 Å². The van der Waals surface area contributed by atoms with Crippen LogP contribution < -0.4 is 14.8 Å². The normalized spacial score (nSPS) is 11.5. The Bertz CT molecular complexity index is 706. The minimum atomic E-state index is -4.59. The molecule has 0 atom stereocenters. The number of para-hydroxylation sites is 2. The van der Waals surface area contributed by atoms with Crippen LogP contribution in [-0.4, -0.2) is 22.7 Å². The molecule has 0 aliphatic heterocycles. The van der Waals surface area contributed by atoms with Gasteiger partial charge in [0.25, 0.3) is 0 Å². The van der Waals surface area contributed by atoms with E-state index in [0.29, 0.717) is 24.2 Å². The predicted molar refractivity (Wildman–Crippen MR) is 88.3 cm³/mol. The Balaban J connectivity index is 2.32. The molecule has 1 aromatic carbocycles. The lowest BCUT2D eigenvalue weighted by molar-refractivity contribution is -0.139. The minimum Gasteiger partial charge on any atom is -0.491 e. The van der Waals surface area contributed by atoms with Crippen LogP contribution in [0.4, 0.5) is 24.8 Å². The van der Waals surface area contributed by atoms with E-state index in [0.717, 1.165) is 6.42 Å². The SMILES string of the molecule is CCCOc1ccccc1Nc1ncc(C(F)(F)F)c(OC(C)C)n1. The molecule has 0 radical (unpaired) electrons. The van der Waals surface area contributed by atoms with Gasteiger partial charge in [-0.05, 0) is 32.4 Å². The van der Waals surface area contributed by atoms with Crippen molar-refractivity contribution in [1.82, 2.24) is 9.97 Å². The monoisotopic (exact) mass is 355 g/mol. The molecule has 0 saturated carbocycles. The van der Waals surface area contributed by atoms with Gasteiger partial charge < -0.3 is 14.8 Å². The third kappa shape index (κ3) is 5.23. The molecule has 8 heteroatoms. The van der Waals surface area contributed by atoms with E-state index < -0.39 is 23.7 Å². The topological polar surface area (TPSA) is 56.3 Å². The molecule has 0 saturated heterocycles. The molecular formula is C17H20F3N3O2. The van der Waals surface area contributed by atoms with Crippen molar-refractivity contribution in [2.75, 3.05) is 11.9 Å². The first-order valence-electron chi connectivity index (χ1n) is 7.91. The molecule has 1 heterocycles. The maximum Gasteiger partial charge on any atom is 0.423 e. The third-order valence-electron chi connectivity index (χ3n) is 3.00. The van der Waals surface area contributed by atoms with Crippen molar-refractivity contribution in [1.29, 1.82) is 0 Å². The van der Waals surface area contributed by atoms with Crippen molar-refractivity contribution in [3.63, 3.8) is 0 Å². The van der Waals surface area contributed by atoms with Crippen molar-refractivity contribution in [2.24, 2.45) is 0 Å². The highest BCUT2D eigenvalue weighted by Gasteiger charge is 2.36. The van der Waals surface area contributed by atoms with E-state index >= 15 is 0 Å². The smallest absolute Gasteiger partial charge is 0.423 e. The van der Waals surface area contributed by atoms with Gasteiger partial charge in [-0.2, -0.15) is 18.2 Å². The first kappa shape index (κ1) is 18.8. The van der Waals surface area contributed by atoms with Gasteiger partial charge in [0.15, 0.2) is 0 Å². The van der Waals surface area contributed by atoms with Crippen LogP contribution in [0.3, 0.4) is 0 Å². The fraction of sp³-hybridized carbons (Fsp3) is 0.412. The van der Waals surface area contributed by atoms with Gasteiger partial charge >= 0.3 is 6.18 Å². The van der Waals surface area contributed by atoms with Gasteiger partial charge in [-0.3, -0.25) is 0 Å². The van der Waals surface area contributed by atoms with Gasteiger partial charge in [0.05, 0.1) is 18.4 Å². The molecule has 2 rings (SSSR count). The van der Waals surface area contributed by atoms with Crippen LogP contribution in [0.15, 0.2) is 30.5 Å². The highest BCUT2D eigenvalue weighted by Crippen LogP contribution is 2.36. The molecule has 0 fully saturated rings. The number of halogens is 3. The average Bonchev–Trinajstić information content (AvgIpc) is 2.52. The summed E-state index contributed by atoms with van der Waals surface area (Å²) >= 11 is 0. The first-order chi connectivity index (χ1) is 11.8. The number of alkyl halides is 3. The summed E-state index contributed by atoms with van der Waals surface area (Å²) in [4.78, 5) is 7.63. The molecular weight excluding hydrogens is 335 g/mol. The first-order valence-corrected chi connectivity index (χ1v) is 7.91. The molecule has 0 spiro atoms. The van der Waals surface area contributed by atoms with E-state index in [1.165, 1.54) is 0 Å². The van der Waals surface area contributed by atoms with Gasteiger partial charge in [-0.15, -0.1) is 0 Å². The second-order valence-corrected chi connectivity index (χ2v) is 5.55. The molecule has 25 heavy (non-hydrogen) atoms. The van der Waals surface area contributed by atoms with Crippen LogP contribution in [0.5, 0.6) is 11.6 Å². The largest absolute Gasteiger partial charge is 0.491 e. The quantitative estimate of drug-likeness (QED) is 0.772. The number of nitrogens with one attached hydrogen (secondary N) is 1. The van der Waals surface area contributed by atoms with E-state index in [2.05, 4.69) is 15.3 Å². The summed E-state index contributed by atoms with van der Waals surface area (Å²) < 4.78 is 50.0. The van der Waals surface area contributed by atoms with Crippen LogP contribution in [0.2, 0.25) is 0 Å². The van der Waals surface area contributed by atoms with Crippen LogP contribution in [0, 0.1) is 0 Å². The number of anilines is 2. The number of hydrogen-bond donors (Lipinski definition) is 1. The second-order valence-electron chi connectivity index (χ2n) is 5.55. The highest BCUT2D eigenvalue weighted by atomic mass is 19.4. The third-order valence-corrected chi connectivity index (χ3v) is 3.00. The fourth-order valence-electron chi connectivity index (χ4n) is 1.96. The Morgan fingerprint density at radius 3 is 2.56 bits per heavy atom. The van der Waals surface area contributed by atoms with Crippen molar-refractivity contribution >= 4 is 11.6 Å². The van der Waals surface area contributed by atoms with E-state index in [-0.39, 0.29) is 5.95 Å². The predicted octanol–water partition coefficient (Wildman–Crippen LogP) is 4.82. The number of hydrogen-bond acceptors (Lipinski definition) is 5. The molecule has 0 unspecified atom stereocenters. The Labute approximate surface area is 144 Å². The van der Waals surface area contributed by atoms with Crippen molar-refractivity contribution < 1.29 is 22.6 Å². The summed E-state index contributed by atoms with van der Waals surface area (Å²) in [6.07, 6.45) is -3.51. The fourth-order valence-corrected chi connectivity index (χ4v) is 1.96. The lowest BCUT2D eigenvalue weighted by Gasteiger charge is -2.16. The highest BCUT2D eigenvalue weighted by molar-refractivity contribution is 5.62. The zero-order valence-corrected chi connectivity index (χ0v) is 14.2. The molecule has 0 aliphatic carbocycles. The average molecular weight is 355 g/mol. The van der Waals surface area contributed by atoms with Crippen LogP contribution in [0.1, 0.15) is 32.8 Å². The molecule has 1 N–H and O–H groups in total. The summed E-state index contributed by atoms with van der Waals surface area (Å²) in [6.45, 7) is 5.76. The lowest BCUT2D eigenvalue weighted by Crippen LogP contribution is -2.15. The maximum absolute atomic E-state index is 13.1. The number of rotatable bonds is 7. The summed E-state index contributed by atoms with van der Waals surface area (Å²) in [7, 11) is 0. The molecule has 0 bridgehead atoms. The summed E-state index contributed by atoms with van der Waals surface area (Å²) in [5.41, 5.74) is -0.450. The van der Waals surface area contributed by atoms with Crippen LogP contribution in [0.25, 0.3) is 0 Å². The molecule has 1 aromatic heterocycles. The summed E-state index contributed by atoms with van der Waals surface area (Å²) in [5, 5.41) is 2.88. The van der Waals surface area contributed by atoms with E-state index in [9.17, 15) is 13.2 Å².